The highest BCUT2D eigenvalue weighted by molar-refractivity contribution is 7.99. The number of aromatic nitrogens is 3. The van der Waals surface area contributed by atoms with Crippen molar-refractivity contribution in [1.29, 1.82) is 0 Å². The second-order valence-electron chi connectivity index (χ2n) is 4.64. The number of nitrogens with zero attached hydrogens (tertiary/aromatic N) is 3. The molecule has 0 amide bonds. The predicted octanol–water partition coefficient (Wildman–Crippen LogP) is 2.73. The molecule has 1 atom stereocenters. The summed E-state index contributed by atoms with van der Waals surface area (Å²) in [6.07, 6.45) is 1.69. The Kier molecular flexibility index (Phi) is 5.19. The molecule has 0 fully saturated rings. The van der Waals surface area contributed by atoms with Crippen LogP contribution in [0.3, 0.4) is 0 Å². The Balaban J connectivity index is 2.33. The van der Waals surface area contributed by atoms with Crippen molar-refractivity contribution in [3.8, 4) is 0 Å². The Hall–Kier alpha value is -1.60. The summed E-state index contributed by atoms with van der Waals surface area (Å²) < 4.78 is 1.89. The summed E-state index contributed by atoms with van der Waals surface area (Å²) in [5, 5.41) is 11.5. The molecular formula is C14H19N5S2. The molecule has 0 saturated carbocycles. The zero-order valence-electron chi connectivity index (χ0n) is 12.3. The van der Waals surface area contributed by atoms with E-state index in [0.717, 1.165) is 27.7 Å². The number of hydrogen-bond acceptors (Lipinski definition) is 5. The van der Waals surface area contributed by atoms with E-state index in [0.29, 0.717) is 4.99 Å². The van der Waals surface area contributed by atoms with E-state index in [4.69, 9.17) is 18.0 Å². The summed E-state index contributed by atoms with van der Waals surface area (Å²) in [5.41, 5.74) is 7.74. The largest absolute Gasteiger partial charge is 0.389 e. The number of thiocarbonyl (C=S) groups is 1. The smallest absolute Gasteiger partial charge is 0.154 e. The summed E-state index contributed by atoms with van der Waals surface area (Å²) >= 11 is 6.95. The second kappa shape index (κ2) is 6.91. The summed E-state index contributed by atoms with van der Waals surface area (Å²) in [6, 6.07) is 6.04. The minimum atomic E-state index is 0.00692. The first kappa shape index (κ1) is 15.8. The molecule has 1 unspecified atom stereocenters. The molecule has 5 nitrogen and oxygen atoms in total. The minimum Gasteiger partial charge on any atom is -0.389 e. The quantitative estimate of drug-likeness (QED) is 0.630. The minimum absolute atomic E-state index is 0.00692. The number of nitrogens with one attached hydrogen (secondary N) is 1. The van der Waals surface area contributed by atoms with E-state index in [1.165, 1.54) is 0 Å². The van der Waals surface area contributed by atoms with Crippen LogP contribution in [0, 0.1) is 0 Å². The molecule has 0 aliphatic rings. The lowest BCUT2D eigenvalue weighted by molar-refractivity contribution is 0.719. The molecule has 0 saturated heterocycles. The fraction of sp³-hybridized carbons (Fsp3) is 0.357. The van der Waals surface area contributed by atoms with Crippen molar-refractivity contribution < 1.29 is 0 Å². The number of anilines is 1. The van der Waals surface area contributed by atoms with Gasteiger partial charge in [0.15, 0.2) is 5.82 Å². The first-order valence-electron chi connectivity index (χ1n) is 6.70. The van der Waals surface area contributed by atoms with Gasteiger partial charge in [-0.15, -0.1) is 22.0 Å². The SMILES string of the molecule is CCSc1cccc(NC(C)c2nncn2C)c1C(N)=S. The topological polar surface area (TPSA) is 68.8 Å². The third kappa shape index (κ3) is 3.54. The van der Waals surface area contributed by atoms with Gasteiger partial charge >= 0.3 is 0 Å². The van der Waals surface area contributed by atoms with E-state index in [2.05, 4.69) is 22.4 Å². The molecule has 2 rings (SSSR count). The Morgan fingerprint density at radius 1 is 1.52 bits per heavy atom. The second-order valence-corrected chi connectivity index (χ2v) is 6.39. The average molecular weight is 321 g/mol. The van der Waals surface area contributed by atoms with Crippen molar-refractivity contribution in [2.24, 2.45) is 12.8 Å². The first-order valence-corrected chi connectivity index (χ1v) is 8.10. The first-order chi connectivity index (χ1) is 10.0. The van der Waals surface area contributed by atoms with Crippen LogP contribution in [0.2, 0.25) is 0 Å². The summed E-state index contributed by atoms with van der Waals surface area (Å²) in [7, 11) is 1.92. The average Bonchev–Trinajstić information content (AvgIpc) is 2.85. The van der Waals surface area contributed by atoms with Crippen LogP contribution in [-0.4, -0.2) is 25.5 Å². The molecular weight excluding hydrogens is 302 g/mol. The van der Waals surface area contributed by atoms with Crippen LogP contribution in [0.5, 0.6) is 0 Å². The molecule has 1 aromatic carbocycles. The van der Waals surface area contributed by atoms with E-state index in [-0.39, 0.29) is 6.04 Å². The molecule has 0 aliphatic heterocycles. The van der Waals surface area contributed by atoms with Gasteiger partial charge in [-0.3, -0.25) is 0 Å². The van der Waals surface area contributed by atoms with E-state index in [1.807, 2.05) is 36.7 Å². The Morgan fingerprint density at radius 2 is 2.29 bits per heavy atom. The molecule has 0 spiro atoms. The van der Waals surface area contributed by atoms with Gasteiger partial charge in [-0.1, -0.05) is 25.2 Å². The van der Waals surface area contributed by atoms with Crippen LogP contribution < -0.4 is 11.1 Å². The van der Waals surface area contributed by atoms with Crippen LogP contribution in [0.15, 0.2) is 29.4 Å². The maximum Gasteiger partial charge on any atom is 0.154 e. The van der Waals surface area contributed by atoms with Crippen molar-refractivity contribution >= 4 is 34.7 Å². The lowest BCUT2D eigenvalue weighted by Gasteiger charge is -2.19. The zero-order chi connectivity index (χ0) is 15.4. The van der Waals surface area contributed by atoms with E-state index < -0.39 is 0 Å². The van der Waals surface area contributed by atoms with Gasteiger partial charge in [0.2, 0.25) is 0 Å². The van der Waals surface area contributed by atoms with Gasteiger partial charge in [-0.05, 0) is 24.8 Å². The normalized spacial score (nSPS) is 12.1. The molecule has 2 aromatic rings. The molecule has 112 valence electrons. The van der Waals surface area contributed by atoms with Gasteiger partial charge < -0.3 is 15.6 Å². The van der Waals surface area contributed by atoms with Gasteiger partial charge in [0, 0.05) is 23.2 Å². The lowest BCUT2D eigenvalue weighted by atomic mass is 10.1. The standard InChI is InChI=1S/C14H19N5S2/c1-4-21-11-7-5-6-10(12(11)13(15)20)17-9(2)14-18-16-8-19(14)3/h5-9,17H,4H2,1-3H3,(H2,15,20). The van der Waals surface area contributed by atoms with Crippen LogP contribution >= 0.6 is 24.0 Å². The van der Waals surface area contributed by atoms with Crippen LogP contribution in [0.4, 0.5) is 5.69 Å². The number of nitrogens with two attached hydrogens (primary N) is 1. The fourth-order valence-corrected chi connectivity index (χ4v) is 3.30. The Morgan fingerprint density at radius 3 is 2.86 bits per heavy atom. The molecule has 21 heavy (non-hydrogen) atoms. The van der Waals surface area contributed by atoms with Crippen LogP contribution in [0.25, 0.3) is 0 Å². The van der Waals surface area contributed by atoms with Crippen molar-refractivity contribution in [2.45, 2.75) is 24.8 Å². The highest BCUT2D eigenvalue weighted by Crippen LogP contribution is 2.30. The van der Waals surface area contributed by atoms with Crippen molar-refractivity contribution in [1.82, 2.24) is 14.8 Å². The zero-order valence-corrected chi connectivity index (χ0v) is 14.0. The van der Waals surface area contributed by atoms with E-state index in [9.17, 15) is 0 Å². The van der Waals surface area contributed by atoms with Crippen LogP contribution in [-0.2, 0) is 7.05 Å². The third-order valence-electron chi connectivity index (χ3n) is 3.08. The summed E-state index contributed by atoms with van der Waals surface area (Å²) in [6.45, 7) is 4.14. The number of aryl methyl sites for hydroxylation is 1. The predicted molar refractivity (Wildman–Crippen MR) is 91.8 cm³/mol. The van der Waals surface area contributed by atoms with Crippen LogP contribution in [0.1, 0.15) is 31.3 Å². The number of rotatable bonds is 6. The summed E-state index contributed by atoms with van der Waals surface area (Å²) in [4.78, 5) is 1.50. The van der Waals surface area contributed by atoms with Gasteiger partial charge in [0.1, 0.15) is 11.3 Å². The summed E-state index contributed by atoms with van der Waals surface area (Å²) in [5.74, 6) is 1.83. The van der Waals surface area contributed by atoms with Crippen molar-refractivity contribution in [2.75, 3.05) is 11.1 Å². The number of hydrogen-bond donors (Lipinski definition) is 2. The van der Waals surface area contributed by atoms with Gasteiger partial charge in [-0.25, -0.2) is 0 Å². The van der Waals surface area contributed by atoms with Gasteiger partial charge in [0.05, 0.1) is 6.04 Å². The molecule has 1 heterocycles. The van der Waals surface area contributed by atoms with E-state index in [1.54, 1.807) is 18.1 Å². The monoisotopic (exact) mass is 321 g/mol. The lowest BCUT2D eigenvalue weighted by Crippen LogP contribution is -2.18. The maximum absolute atomic E-state index is 5.91. The van der Waals surface area contributed by atoms with Crippen molar-refractivity contribution in [3.63, 3.8) is 0 Å². The Bertz CT molecular complexity index is 638. The molecule has 0 radical (unpaired) electrons. The highest BCUT2D eigenvalue weighted by Gasteiger charge is 2.16. The molecule has 1 aromatic heterocycles. The number of thioether (sulfide) groups is 1. The van der Waals surface area contributed by atoms with Gasteiger partial charge in [0.25, 0.3) is 0 Å². The third-order valence-corrected chi connectivity index (χ3v) is 4.22. The molecule has 7 heteroatoms. The fourth-order valence-electron chi connectivity index (χ4n) is 2.16. The Labute approximate surface area is 134 Å². The van der Waals surface area contributed by atoms with E-state index >= 15 is 0 Å². The maximum atomic E-state index is 5.91. The number of benzene rings is 1. The highest BCUT2D eigenvalue weighted by atomic mass is 32.2. The molecule has 3 N–H and O–H groups in total. The van der Waals surface area contributed by atoms with Crippen molar-refractivity contribution in [3.05, 3.63) is 35.9 Å². The molecule has 0 aliphatic carbocycles. The van der Waals surface area contributed by atoms with Gasteiger partial charge in [-0.2, -0.15) is 0 Å². The molecule has 0 bridgehead atoms.